The summed E-state index contributed by atoms with van der Waals surface area (Å²) in [4.78, 5) is 1.25. The molecule has 0 amide bonds. The summed E-state index contributed by atoms with van der Waals surface area (Å²) >= 11 is 11.6. The van der Waals surface area contributed by atoms with Crippen molar-refractivity contribution in [3.63, 3.8) is 0 Å². The Labute approximate surface area is 131 Å². The highest BCUT2D eigenvalue weighted by Crippen LogP contribution is 2.33. The van der Waals surface area contributed by atoms with E-state index >= 15 is 0 Å². The summed E-state index contributed by atoms with van der Waals surface area (Å²) in [5, 5.41) is 10.7. The summed E-state index contributed by atoms with van der Waals surface area (Å²) in [6, 6.07) is 2.24. The van der Waals surface area contributed by atoms with Gasteiger partial charge >= 0.3 is 0 Å². The molecule has 0 saturated carbocycles. The van der Waals surface area contributed by atoms with Crippen LogP contribution < -0.4 is 5.32 Å². The molecule has 0 saturated heterocycles. The first kappa shape index (κ1) is 15.0. The van der Waals surface area contributed by atoms with Crippen molar-refractivity contribution in [3.05, 3.63) is 37.7 Å². The molecule has 1 N–H and O–H groups in total. The van der Waals surface area contributed by atoms with E-state index < -0.39 is 0 Å². The zero-order valence-corrected chi connectivity index (χ0v) is 14.1. The van der Waals surface area contributed by atoms with Gasteiger partial charge in [0, 0.05) is 21.3 Å². The lowest BCUT2D eigenvalue weighted by Gasteiger charge is -2.19. The quantitative estimate of drug-likeness (QED) is 0.821. The van der Waals surface area contributed by atoms with E-state index in [0.29, 0.717) is 0 Å². The van der Waals surface area contributed by atoms with E-state index in [2.05, 4.69) is 51.6 Å². The number of hydrogen-bond acceptors (Lipinski definition) is 3. The van der Waals surface area contributed by atoms with Crippen LogP contribution in [0.3, 0.4) is 0 Å². The van der Waals surface area contributed by atoms with E-state index in [4.69, 9.17) is 11.6 Å². The third-order valence-electron chi connectivity index (χ3n) is 2.88. The van der Waals surface area contributed by atoms with Gasteiger partial charge in [0.15, 0.2) is 0 Å². The van der Waals surface area contributed by atoms with Crippen LogP contribution >= 0.6 is 38.9 Å². The van der Waals surface area contributed by atoms with Crippen LogP contribution in [0.15, 0.2) is 22.1 Å². The van der Waals surface area contributed by atoms with Crippen molar-refractivity contribution in [3.8, 4) is 0 Å². The smallest absolute Gasteiger partial charge is 0.0857 e. The van der Waals surface area contributed by atoms with Crippen molar-refractivity contribution in [1.82, 2.24) is 15.1 Å². The molecule has 0 spiro atoms. The van der Waals surface area contributed by atoms with E-state index in [1.54, 1.807) is 17.5 Å². The molecule has 0 radical (unpaired) electrons. The maximum atomic E-state index is 6.32. The molecule has 2 heterocycles. The lowest BCUT2D eigenvalue weighted by Crippen LogP contribution is -2.25. The molecule has 3 nitrogen and oxygen atoms in total. The number of rotatable bonds is 6. The van der Waals surface area contributed by atoms with Gasteiger partial charge in [0.25, 0.3) is 0 Å². The summed E-state index contributed by atoms with van der Waals surface area (Å²) in [6.07, 6.45) is 2.81. The van der Waals surface area contributed by atoms with Gasteiger partial charge in [-0.05, 0) is 41.9 Å². The Kier molecular flexibility index (Phi) is 5.45. The molecule has 1 atom stereocenters. The van der Waals surface area contributed by atoms with Crippen molar-refractivity contribution in [2.75, 3.05) is 6.54 Å². The van der Waals surface area contributed by atoms with E-state index in [-0.39, 0.29) is 6.04 Å². The predicted octanol–water partition coefficient (Wildman–Crippen LogP) is 4.47. The molecule has 1 unspecified atom stereocenters. The average Bonchev–Trinajstić information content (AvgIpc) is 2.98. The molecule has 2 aromatic rings. The summed E-state index contributed by atoms with van der Waals surface area (Å²) in [5.74, 6) is 0. The van der Waals surface area contributed by atoms with E-state index in [1.165, 1.54) is 4.88 Å². The highest BCUT2D eigenvalue weighted by molar-refractivity contribution is 9.10. The second-order valence-electron chi connectivity index (χ2n) is 4.25. The molecule has 19 heavy (non-hydrogen) atoms. The Balaban J connectivity index is 2.39. The maximum absolute atomic E-state index is 6.32. The number of nitrogens with one attached hydrogen (secondary N) is 1. The predicted molar refractivity (Wildman–Crippen MR) is 85.1 cm³/mol. The van der Waals surface area contributed by atoms with Crippen LogP contribution in [-0.4, -0.2) is 16.3 Å². The molecular formula is C13H17BrClN3S. The first-order chi connectivity index (χ1) is 9.17. The monoisotopic (exact) mass is 361 g/mol. The van der Waals surface area contributed by atoms with Gasteiger partial charge in [-0.1, -0.05) is 18.5 Å². The second kappa shape index (κ2) is 6.88. The minimum atomic E-state index is 0.103. The highest BCUT2D eigenvalue weighted by atomic mass is 79.9. The normalized spacial score (nSPS) is 12.8. The molecule has 104 valence electrons. The van der Waals surface area contributed by atoms with Crippen molar-refractivity contribution in [1.29, 1.82) is 0 Å². The van der Waals surface area contributed by atoms with Crippen LogP contribution in [0.25, 0.3) is 0 Å². The molecule has 0 aliphatic carbocycles. The first-order valence-electron chi connectivity index (χ1n) is 6.35. The van der Waals surface area contributed by atoms with Crippen LogP contribution in [0, 0.1) is 0 Å². The Morgan fingerprint density at radius 2 is 2.32 bits per heavy atom. The van der Waals surface area contributed by atoms with Crippen molar-refractivity contribution >= 4 is 38.9 Å². The molecule has 6 heteroatoms. The van der Waals surface area contributed by atoms with Gasteiger partial charge in [-0.25, -0.2) is 0 Å². The number of aryl methyl sites for hydroxylation is 1. The average molecular weight is 363 g/mol. The van der Waals surface area contributed by atoms with Crippen molar-refractivity contribution < 1.29 is 0 Å². The Hall–Kier alpha value is -0.360. The summed E-state index contributed by atoms with van der Waals surface area (Å²) in [6.45, 7) is 6.01. The number of nitrogens with zero attached hydrogens (tertiary/aromatic N) is 2. The standard InChI is InChI=1S/C13H17BrClN3S/c1-3-5-16-12(11-6-9(14)8-19-11)13-10(15)7-17-18(13)4-2/h6-8,12,16H,3-5H2,1-2H3. The molecule has 0 aliphatic heterocycles. The largest absolute Gasteiger partial charge is 0.304 e. The van der Waals surface area contributed by atoms with Crippen LogP contribution in [0.4, 0.5) is 0 Å². The van der Waals surface area contributed by atoms with Crippen LogP contribution in [0.2, 0.25) is 5.02 Å². The number of hydrogen-bond donors (Lipinski definition) is 1. The SMILES string of the molecule is CCCNC(c1cc(Br)cs1)c1c(Cl)cnn1CC. The molecule has 2 rings (SSSR count). The second-order valence-corrected chi connectivity index (χ2v) is 6.51. The summed E-state index contributed by atoms with van der Waals surface area (Å²) < 4.78 is 3.07. The Morgan fingerprint density at radius 3 is 2.89 bits per heavy atom. The fourth-order valence-electron chi connectivity index (χ4n) is 2.01. The Bertz CT molecular complexity index is 538. The molecule has 0 fully saturated rings. The maximum Gasteiger partial charge on any atom is 0.0857 e. The van der Waals surface area contributed by atoms with Crippen LogP contribution in [-0.2, 0) is 6.54 Å². The van der Waals surface area contributed by atoms with E-state index in [0.717, 1.165) is 34.7 Å². The number of aromatic nitrogens is 2. The summed E-state index contributed by atoms with van der Waals surface area (Å²) in [7, 11) is 0. The zero-order chi connectivity index (χ0) is 13.8. The number of thiophene rings is 1. The van der Waals surface area contributed by atoms with E-state index in [9.17, 15) is 0 Å². The molecule has 0 aromatic carbocycles. The lowest BCUT2D eigenvalue weighted by atomic mass is 10.1. The molecular weight excluding hydrogens is 346 g/mol. The van der Waals surface area contributed by atoms with Crippen LogP contribution in [0.1, 0.15) is 36.9 Å². The number of halogens is 2. The van der Waals surface area contributed by atoms with Crippen LogP contribution in [0.5, 0.6) is 0 Å². The summed E-state index contributed by atoms with van der Waals surface area (Å²) in [5.41, 5.74) is 1.05. The van der Waals surface area contributed by atoms with Crippen molar-refractivity contribution in [2.24, 2.45) is 0 Å². The zero-order valence-electron chi connectivity index (χ0n) is 11.0. The minimum absolute atomic E-state index is 0.103. The van der Waals surface area contributed by atoms with Gasteiger partial charge in [-0.15, -0.1) is 11.3 Å². The van der Waals surface area contributed by atoms with Gasteiger partial charge in [0.2, 0.25) is 0 Å². The van der Waals surface area contributed by atoms with E-state index in [1.807, 2.05) is 4.68 Å². The third kappa shape index (κ3) is 3.40. The third-order valence-corrected chi connectivity index (χ3v) is 4.93. The Morgan fingerprint density at radius 1 is 1.53 bits per heavy atom. The van der Waals surface area contributed by atoms with Gasteiger partial charge in [-0.3, -0.25) is 4.68 Å². The van der Waals surface area contributed by atoms with Gasteiger partial charge < -0.3 is 5.32 Å². The topological polar surface area (TPSA) is 29.9 Å². The van der Waals surface area contributed by atoms with Gasteiger partial charge in [0.1, 0.15) is 0 Å². The fourth-order valence-corrected chi connectivity index (χ4v) is 3.78. The molecule has 2 aromatic heterocycles. The molecule has 0 aliphatic rings. The fraction of sp³-hybridized carbons (Fsp3) is 0.462. The van der Waals surface area contributed by atoms with Gasteiger partial charge in [-0.2, -0.15) is 5.10 Å². The highest BCUT2D eigenvalue weighted by Gasteiger charge is 2.22. The van der Waals surface area contributed by atoms with Crippen molar-refractivity contribution in [2.45, 2.75) is 32.9 Å². The lowest BCUT2D eigenvalue weighted by molar-refractivity contribution is 0.534. The molecule has 0 bridgehead atoms. The minimum Gasteiger partial charge on any atom is -0.304 e. The first-order valence-corrected chi connectivity index (χ1v) is 8.40. The van der Waals surface area contributed by atoms with Gasteiger partial charge in [0.05, 0.1) is 23.0 Å².